The number of amides is 1. The lowest BCUT2D eigenvalue weighted by molar-refractivity contribution is -0.126. The van der Waals surface area contributed by atoms with Crippen molar-refractivity contribution in [3.8, 4) is 11.5 Å². The molecule has 0 spiro atoms. The van der Waals surface area contributed by atoms with Crippen molar-refractivity contribution in [2.45, 2.75) is 38.7 Å². The molecule has 2 unspecified atom stereocenters. The van der Waals surface area contributed by atoms with Crippen LogP contribution in [0.15, 0.2) is 29.4 Å². The summed E-state index contributed by atoms with van der Waals surface area (Å²) in [7, 11) is 1.66. The van der Waals surface area contributed by atoms with Crippen LogP contribution in [0, 0.1) is 11.8 Å². The van der Waals surface area contributed by atoms with E-state index in [-0.39, 0.29) is 23.3 Å². The molecule has 2 atom stereocenters. The zero-order valence-electron chi connectivity index (χ0n) is 14.3. The molecule has 0 bridgehead atoms. The number of hydrogen-bond donors (Lipinski definition) is 1. The molecule has 0 radical (unpaired) electrons. The fourth-order valence-electron chi connectivity index (χ4n) is 3.98. The van der Waals surface area contributed by atoms with Crippen molar-refractivity contribution in [3.63, 3.8) is 0 Å². The summed E-state index contributed by atoms with van der Waals surface area (Å²) >= 11 is 0. The van der Waals surface area contributed by atoms with Crippen LogP contribution in [-0.4, -0.2) is 24.3 Å². The molecule has 24 heavy (non-hydrogen) atoms. The van der Waals surface area contributed by atoms with E-state index in [0.29, 0.717) is 0 Å². The molecule has 0 saturated heterocycles. The van der Waals surface area contributed by atoms with Gasteiger partial charge in [0.2, 0.25) is 5.91 Å². The molecule has 3 aliphatic rings. The van der Waals surface area contributed by atoms with Crippen LogP contribution in [0.3, 0.4) is 0 Å². The number of methoxy groups -OCH3 is 1. The number of ether oxygens (including phenoxy) is 2. The van der Waals surface area contributed by atoms with Crippen molar-refractivity contribution < 1.29 is 14.3 Å². The Morgan fingerprint density at radius 3 is 2.75 bits per heavy atom. The maximum Gasteiger partial charge on any atom is 0.244 e. The molecule has 1 N–H and O–H groups in total. The number of nitrogens with zero attached hydrogens (tertiary/aromatic N) is 1. The van der Waals surface area contributed by atoms with Crippen LogP contribution in [0.4, 0.5) is 0 Å². The summed E-state index contributed by atoms with van der Waals surface area (Å²) in [6.07, 6.45) is 6.67. The highest BCUT2D eigenvalue weighted by Gasteiger charge is 2.40. The van der Waals surface area contributed by atoms with Crippen LogP contribution in [-0.2, 0) is 11.2 Å². The molecule has 0 fully saturated rings. The average Bonchev–Trinajstić information content (AvgIpc) is 2.90. The molecular weight excluding hydrogens is 304 g/mol. The smallest absolute Gasteiger partial charge is 0.244 e. The van der Waals surface area contributed by atoms with Gasteiger partial charge in [-0.25, -0.2) is 5.43 Å². The van der Waals surface area contributed by atoms with E-state index in [2.05, 4.69) is 36.5 Å². The Balaban J connectivity index is 1.82. The normalized spacial score (nSPS) is 26.8. The Labute approximate surface area is 141 Å². The van der Waals surface area contributed by atoms with Gasteiger partial charge in [0.25, 0.3) is 0 Å². The van der Waals surface area contributed by atoms with Gasteiger partial charge in [0, 0.05) is 23.5 Å². The zero-order chi connectivity index (χ0) is 16.9. The molecule has 1 aromatic carbocycles. The first-order valence-electron chi connectivity index (χ1n) is 8.42. The number of hydrazone groups is 1. The van der Waals surface area contributed by atoms with Crippen molar-refractivity contribution in [2.75, 3.05) is 7.11 Å². The van der Waals surface area contributed by atoms with Gasteiger partial charge < -0.3 is 9.47 Å². The molecular formula is C19H22N2O3. The molecule has 126 valence electrons. The van der Waals surface area contributed by atoms with Gasteiger partial charge in [0.1, 0.15) is 5.60 Å². The summed E-state index contributed by atoms with van der Waals surface area (Å²) in [6, 6.07) is 3.98. The van der Waals surface area contributed by atoms with Gasteiger partial charge in [-0.05, 0) is 38.8 Å². The number of allylic oxidation sites excluding steroid dienone is 2. The Hall–Kier alpha value is -2.30. The molecule has 0 saturated carbocycles. The number of benzene rings is 1. The van der Waals surface area contributed by atoms with Crippen molar-refractivity contribution in [2.24, 2.45) is 16.9 Å². The first-order chi connectivity index (χ1) is 11.5. The highest BCUT2D eigenvalue weighted by molar-refractivity contribution is 6.08. The maximum absolute atomic E-state index is 12.1. The molecule has 5 heteroatoms. The monoisotopic (exact) mass is 326 g/mol. The fourth-order valence-corrected chi connectivity index (χ4v) is 3.98. The molecule has 5 nitrogen and oxygen atoms in total. The molecule has 1 amide bonds. The van der Waals surface area contributed by atoms with Crippen LogP contribution in [0.1, 0.15) is 37.8 Å². The summed E-state index contributed by atoms with van der Waals surface area (Å²) in [4.78, 5) is 12.1. The maximum atomic E-state index is 12.1. The summed E-state index contributed by atoms with van der Waals surface area (Å²) in [5.74, 6) is 1.68. The quantitative estimate of drug-likeness (QED) is 0.850. The molecule has 0 aromatic heterocycles. The van der Waals surface area contributed by atoms with E-state index < -0.39 is 0 Å². The van der Waals surface area contributed by atoms with Gasteiger partial charge in [-0.1, -0.05) is 12.2 Å². The summed E-state index contributed by atoms with van der Waals surface area (Å²) < 4.78 is 11.6. The number of hydrogen-bond acceptors (Lipinski definition) is 4. The second-order valence-electron chi connectivity index (χ2n) is 7.29. The standard InChI is InChI=1S/C19H22N2O3/c1-19(2)10-14-12(8-9-15(23-3)17(14)24-19)16-11-6-4-5-7-13(11)18(22)21-20-16/h4-5,8-9,11,13H,6-7,10H2,1-3H3,(H,21,22). The van der Waals surface area contributed by atoms with Crippen molar-refractivity contribution in [1.82, 2.24) is 5.43 Å². The number of carbonyl (C=O) groups excluding carboxylic acids is 1. The summed E-state index contributed by atoms with van der Waals surface area (Å²) in [5.41, 5.74) is 5.61. The minimum Gasteiger partial charge on any atom is -0.493 e. The Morgan fingerprint density at radius 2 is 2.00 bits per heavy atom. The van der Waals surface area contributed by atoms with Gasteiger partial charge in [0.15, 0.2) is 11.5 Å². The van der Waals surface area contributed by atoms with Gasteiger partial charge in [-0.2, -0.15) is 5.10 Å². The van der Waals surface area contributed by atoms with Crippen LogP contribution in [0.2, 0.25) is 0 Å². The second-order valence-corrected chi connectivity index (χ2v) is 7.29. The van der Waals surface area contributed by atoms with E-state index in [1.165, 1.54) is 0 Å². The second kappa shape index (κ2) is 5.36. The first kappa shape index (κ1) is 15.2. The van der Waals surface area contributed by atoms with Crippen molar-refractivity contribution >= 4 is 11.6 Å². The van der Waals surface area contributed by atoms with E-state index in [4.69, 9.17) is 9.47 Å². The average molecular weight is 326 g/mol. The van der Waals surface area contributed by atoms with Gasteiger partial charge in [-0.15, -0.1) is 0 Å². The van der Waals surface area contributed by atoms with E-state index in [1.807, 2.05) is 12.1 Å². The van der Waals surface area contributed by atoms with Crippen LogP contribution < -0.4 is 14.9 Å². The Bertz CT molecular complexity index is 764. The van der Waals surface area contributed by atoms with E-state index >= 15 is 0 Å². The SMILES string of the molecule is COc1ccc(C2=NNC(=O)C3CC=CCC23)c2c1OC(C)(C)C2. The lowest BCUT2D eigenvalue weighted by Gasteiger charge is -2.32. The minimum absolute atomic E-state index is 0.0230. The third-order valence-electron chi connectivity index (χ3n) is 5.11. The lowest BCUT2D eigenvalue weighted by Crippen LogP contribution is -2.43. The Morgan fingerprint density at radius 1 is 1.25 bits per heavy atom. The van der Waals surface area contributed by atoms with E-state index in [9.17, 15) is 4.79 Å². The molecule has 2 heterocycles. The van der Waals surface area contributed by atoms with Crippen LogP contribution in [0.5, 0.6) is 11.5 Å². The van der Waals surface area contributed by atoms with Crippen LogP contribution >= 0.6 is 0 Å². The van der Waals surface area contributed by atoms with Gasteiger partial charge in [-0.3, -0.25) is 4.79 Å². The number of fused-ring (bicyclic) bond motifs is 2. The van der Waals surface area contributed by atoms with E-state index in [0.717, 1.165) is 47.6 Å². The predicted octanol–water partition coefficient (Wildman–Crippen LogP) is 2.83. The fraction of sp³-hybridized carbons (Fsp3) is 0.474. The number of carbonyl (C=O) groups is 1. The third kappa shape index (κ3) is 2.30. The third-order valence-corrected chi connectivity index (χ3v) is 5.11. The molecule has 2 aliphatic heterocycles. The first-order valence-corrected chi connectivity index (χ1v) is 8.42. The predicted molar refractivity (Wildman–Crippen MR) is 91.4 cm³/mol. The molecule has 1 aromatic rings. The highest BCUT2D eigenvalue weighted by atomic mass is 16.5. The molecule has 1 aliphatic carbocycles. The molecule has 4 rings (SSSR count). The number of rotatable bonds is 2. The Kier molecular flexibility index (Phi) is 3.41. The van der Waals surface area contributed by atoms with Crippen molar-refractivity contribution in [3.05, 3.63) is 35.4 Å². The highest BCUT2D eigenvalue weighted by Crippen LogP contribution is 2.45. The van der Waals surface area contributed by atoms with Gasteiger partial charge >= 0.3 is 0 Å². The summed E-state index contributed by atoms with van der Waals surface area (Å²) in [5, 5.41) is 4.43. The zero-order valence-corrected chi connectivity index (χ0v) is 14.3. The van der Waals surface area contributed by atoms with Crippen LogP contribution in [0.25, 0.3) is 0 Å². The van der Waals surface area contributed by atoms with Gasteiger partial charge in [0.05, 0.1) is 18.7 Å². The van der Waals surface area contributed by atoms with Crippen molar-refractivity contribution in [1.29, 1.82) is 0 Å². The summed E-state index contributed by atoms with van der Waals surface area (Å²) in [6.45, 7) is 4.15. The topological polar surface area (TPSA) is 59.9 Å². The number of nitrogens with one attached hydrogen (secondary N) is 1. The minimum atomic E-state index is -0.268. The lowest BCUT2D eigenvalue weighted by atomic mass is 9.75. The van der Waals surface area contributed by atoms with E-state index in [1.54, 1.807) is 7.11 Å². The largest absolute Gasteiger partial charge is 0.493 e.